The molecule has 0 bridgehead atoms. The van der Waals surface area contributed by atoms with Crippen LogP contribution in [0.2, 0.25) is 5.02 Å². The minimum absolute atomic E-state index is 0.0876. The number of carbonyl (C=O) groups excluding carboxylic acids is 1. The van der Waals surface area contributed by atoms with Crippen LogP contribution in [0.5, 0.6) is 0 Å². The Morgan fingerprint density at radius 1 is 1.00 bits per heavy atom. The molecule has 0 aliphatic carbocycles. The molecular weight excluding hydrogens is 502 g/mol. The lowest BCUT2D eigenvalue weighted by atomic mass is 10.0. The summed E-state index contributed by atoms with van der Waals surface area (Å²) in [6.45, 7) is 4.86. The normalized spacial score (nSPS) is 10.9. The van der Waals surface area contributed by atoms with Gasteiger partial charge in [-0.3, -0.25) is 9.36 Å². The van der Waals surface area contributed by atoms with Crippen molar-refractivity contribution in [1.29, 1.82) is 0 Å². The molecule has 5 rings (SSSR count). The number of para-hydroxylation sites is 1. The van der Waals surface area contributed by atoms with Crippen molar-refractivity contribution in [3.8, 4) is 22.6 Å². The van der Waals surface area contributed by atoms with Crippen LogP contribution in [-0.2, 0) is 17.9 Å². The van der Waals surface area contributed by atoms with E-state index in [1.807, 2.05) is 83.4 Å². The Morgan fingerprint density at radius 3 is 2.54 bits per heavy atom. The van der Waals surface area contributed by atoms with Gasteiger partial charge >= 0.3 is 0 Å². The van der Waals surface area contributed by atoms with Crippen LogP contribution in [0.25, 0.3) is 33.5 Å². The Bertz CT molecular complexity index is 1550. The van der Waals surface area contributed by atoms with E-state index >= 15 is 0 Å². The van der Waals surface area contributed by atoms with E-state index < -0.39 is 0 Å². The number of amides is 1. The van der Waals surface area contributed by atoms with Crippen LogP contribution in [-0.4, -0.2) is 31.4 Å². The molecule has 0 saturated carbocycles. The van der Waals surface area contributed by atoms with Gasteiger partial charge in [0.2, 0.25) is 5.91 Å². The smallest absolute Gasteiger partial charge is 0.230 e. The predicted octanol–water partition coefficient (Wildman–Crippen LogP) is 6.41. The molecule has 2 heterocycles. The largest absolute Gasteiger partial charge is 0.351 e. The van der Waals surface area contributed by atoms with Gasteiger partial charge in [0.15, 0.2) is 11.0 Å². The van der Waals surface area contributed by atoms with E-state index in [2.05, 4.69) is 28.2 Å². The number of halogens is 1. The molecule has 0 atom stereocenters. The summed E-state index contributed by atoms with van der Waals surface area (Å²) in [4.78, 5) is 17.4. The molecule has 37 heavy (non-hydrogen) atoms. The molecular formula is C29H24ClN5OS. The lowest BCUT2D eigenvalue weighted by Gasteiger charge is -2.12. The van der Waals surface area contributed by atoms with Gasteiger partial charge in [-0.15, -0.1) is 16.8 Å². The van der Waals surface area contributed by atoms with Gasteiger partial charge in [0.05, 0.1) is 17.0 Å². The molecule has 0 fully saturated rings. The minimum atomic E-state index is -0.0876. The average Bonchev–Trinajstić information content (AvgIpc) is 3.33. The second-order valence-electron chi connectivity index (χ2n) is 8.34. The predicted molar refractivity (Wildman–Crippen MR) is 150 cm³/mol. The molecule has 6 nitrogen and oxygen atoms in total. The second-order valence-corrected chi connectivity index (χ2v) is 9.71. The number of benzene rings is 3. The van der Waals surface area contributed by atoms with Gasteiger partial charge in [0.1, 0.15) is 0 Å². The van der Waals surface area contributed by atoms with Crippen LogP contribution in [0.4, 0.5) is 0 Å². The highest BCUT2D eigenvalue weighted by Crippen LogP contribution is 2.33. The van der Waals surface area contributed by atoms with Crippen molar-refractivity contribution in [2.45, 2.75) is 18.2 Å². The molecule has 0 unspecified atom stereocenters. The van der Waals surface area contributed by atoms with Crippen molar-refractivity contribution in [3.05, 3.63) is 108 Å². The fourth-order valence-corrected chi connectivity index (χ4v) is 4.89. The molecule has 0 radical (unpaired) electrons. The van der Waals surface area contributed by atoms with E-state index in [1.165, 1.54) is 11.8 Å². The van der Waals surface area contributed by atoms with Crippen LogP contribution >= 0.6 is 23.4 Å². The van der Waals surface area contributed by atoms with E-state index in [0.717, 1.165) is 33.3 Å². The highest BCUT2D eigenvalue weighted by Gasteiger charge is 2.18. The molecule has 2 aromatic heterocycles. The number of aromatic nitrogens is 4. The summed E-state index contributed by atoms with van der Waals surface area (Å²) in [5.41, 5.74) is 4.67. The Labute approximate surface area is 224 Å². The number of thioether (sulfide) groups is 1. The third kappa shape index (κ3) is 5.74. The standard InChI is InChI=1S/C29H24ClN5OS/c1-2-16-35-28(33-34-29(35)37-19-27(36)31-18-20-12-14-22(30)15-13-20)24-17-26(21-8-4-3-5-9-21)32-25-11-7-6-10-23(24)25/h2-15,17H,1,16,18-19H2,(H,31,36). The lowest BCUT2D eigenvalue weighted by Crippen LogP contribution is -2.24. The SMILES string of the molecule is C=CCn1c(SCC(=O)NCc2ccc(Cl)cc2)nnc1-c1cc(-c2ccccc2)nc2ccccc12. The fourth-order valence-electron chi connectivity index (χ4n) is 3.99. The van der Waals surface area contributed by atoms with Crippen molar-refractivity contribution < 1.29 is 4.79 Å². The van der Waals surface area contributed by atoms with Gasteiger partial charge < -0.3 is 5.32 Å². The van der Waals surface area contributed by atoms with Crippen LogP contribution in [0, 0.1) is 0 Å². The van der Waals surface area contributed by atoms with Crippen molar-refractivity contribution >= 4 is 40.2 Å². The maximum Gasteiger partial charge on any atom is 0.230 e. The molecule has 0 aliphatic heterocycles. The first kappa shape index (κ1) is 24.7. The zero-order valence-electron chi connectivity index (χ0n) is 20.0. The Kier molecular flexibility index (Phi) is 7.63. The Hall–Kier alpha value is -3.94. The van der Waals surface area contributed by atoms with Gasteiger partial charge in [0.25, 0.3) is 0 Å². The fraction of sp³-hybridized carbons (Fsp3) is 0.103. The van der Waals surface area contributed by atoms with Crippen molar-refractivity contribution in [2.24, 2.45) is 0 Å². The number of allylic oxidation sites excluding steroid dienone is 1. The summed E-state index contributed by atoms with van der Waals surface area (Å²) in [6.07, 6.45) is 1.80. The van der Waals surface area contributed by atoms with Crippen molar-refractivity contribution in [3.63, 3.8) is 0 Å². The van der Waals surface area contributed by atoms with Gasteiger partial charge in [-0.1, -0.05) is 90.1 Å². The number of pyridine rings is 1. The number of nitrogens with one attached hydrogen (secondary N) is 1. The molecule has 0 saturated heterocycles. The van der Waals surface area contributed by atoms with Crippen LogP contribution in [0.3, 0.4) is 0 Å². The first-order valence-electron chi connectivity index (χ1n) is 11.8. The van der Waals surface area contributed by atoms with Crippen molar-refractivity contribution in [2.75, 3.05) is 5.75 Å². The third-order valence-electron chi connectivity index (χ3n) is 5.79. The number of fused-ring (bicyclic) bond motifs is 1. The molecule has 1 amide bonds. The second kappa shape index (κ2) is 11.4. The van der Waals surface area contributed by atoms with Gasteiger partial charge in [-0.05, 0) is 29.8 Å². The average molecular weight is 526 g/mol. The van der Waals surface area contributed by atoms with Gasteiger partial charge in [-0.25, -0.2) is 4.98 Å². The zero-order chi connectivity index (χ0) is 25.6. The number of rotatable bonds is 9. The lowest BCUT2D eigenvalue weighted by molar-refractivity contribution is -0.118. The molecule has 5 aromatic rings. The van der Waals surface area contributed by atoms with E-state index in [1.54, 1.807) is 6.08 Å². The maximum absolute atomic E-state index is 12.5. The summed E-state index contributed by atoms with van der Waals surface area (Å²) in [6, 6.07) is 27.5. The quantitative estimate of drug-likeness (QED) is 0.178. The molecule has 1 N–H and O–H groups in total. The molecule has 8 heteroatoms. The summed E-state index contributed by atoms with van der Waals surface area (Å²) in [5, 5.41) is 14.2. The molecule has 184 valence electrons. The Balaban J connectivity index is 1.41. The van der Waals surface area contributed by atoms with E-state index in [9.17, 15) is 4.79 Å². The summed E-state index contributed by atoms with van der Waals surface area (Å²) < 4.78 is 1.99. The Morgan fingerprint density at radius 2 is 1.76 bits per heavy atom. The number of carbonyl (C=O) groups is 1. The topological polar surface area (TPSA) is 72.7 Å². The zero-order valence-corrected chi connectivity index (χ0v) is 21.5. The summed E-state index contributed by atoms with van der Waals surface area (Å²) in [7, 11) is 0. The van der Waals surface area contributed by atoms with E-state index in [4.69, 9.17) is 16.6 Å². The highest BCUT2D eigenvalue weighted by molar-refractivity contribution is 7.99. The van der Waals surface area contributed by atoms with Crippen LogP contribution in [0.1, 0.15) is 5.56 Å². The van der Waals surface area contributed by atoms with Crippen LogP contribution in [0.15, 0.2) is 103 Å². The van der Waals surface area contributed by atoms with Gasteiger partial charge in [0, 0.05) is 34.6 Å². The maximum atomic E-state index is 12.5. The monoisotopic (exact) mass is 525 g/mol. The first-order chi connectivity index (χ1) is 18.1. The number of nitrogens with zero attached hydrogens (tertiary/aromatic N) is 4. The van der Waals surface area contributed by atoms with E-state index in [0.29, 0.717) is 29.1 Å². The van der Waals surface area contributed by atoms with Crippen LogP contribution < -0.4 is 5.32 Å². The van der Waals surface area contributed by atoms with E-state index in [-0.39, 0.29) is 11.7 Å². The first-order valence-corrected chi connectivity index (χ1v) is 13.1. The number of hydrogen-bond acceptors (Lipinski definition) is 5. The summed E-state index contributed by atoms with van der Waals surface area (Å²) >= 11 is 7.28. The highest BCUT2D eigenvalue weighted by atomic mass is 35.5. The molecule has 3 aromatic carbocycles. The molecule has 0 spiro atoms. The number of hydrogen-bond donors (Lipinski definition) is 1. The van der Waals surface area contributed by atoms with Gasteiger partial charge in [-0.2, -0.15) is 0 Å². The minimum Gasteiger partial charge on any atom is -0.351 e. The summed E-state index contributed by atoms with van der Waals surface area (Å²) in [5.74, 6) is 0.838. The van der Waals surface area contributed by atoms with Crippen molar-refractivity contribution in [1.82, 2.24) is 25.1 Å². The molecule has 0 aliphatic rings. The third-order valence-corrected chi connectivity index (χ3v) is 7.01.